The Labute approximate surface area is 222 Å². The number of carbonyl (C=O) groups excluding carboxylic acids is 1. The molecule has 4 unspecified atom stereocenters. The van der Waals surface area contributed by atoms with E-state index in [2.05, 4.69) is 48.5 Å². The first-order valence-electron chi connectivity index (χ1n) is 14.6. The standard InChI is InChI=1S/C35H40O2/c36-33-13-5-4-12-31(33)34(37)22-29-17-16-28-15-14-25(21-32(28)29)20-26-8-6-18-35(23-26)19-7-11-30(24-35)27-9-2-1-3-10-27/h1-5,9-10,12-15,21,26,29-30,36H,6-8,11,16-20,22-24H2. The van der Waals surface area contributed by atoms with E-state index in [0.717, 1.165) is 24.7 Å². The van der Waals surface area contributed by atoms with Crippen LogP contribution < -0.4 is 0 Å². The number of phenols is 1. The van der Waals surface area contributed by atoms with Crippen LogP contribution in [-0.2, 0) is 12.8 Å². The number of rotatable bonds is 6. The van der Waals surface area contributed by atoms with E-state index < -0.39 is 0 Å². The Kier molecular flexibility index (Phi) is 6.93. The molecule has 3 aromatic carbocycles. The number of aryl methyl sites for hydroxylation is 1. The lowest BCUT2D eigenvalue weighted by Gasteiger charge is -2.46. The third-order valence-corrected chi connectivity index (χ3v) is 9.82. The highest BCUT2D eigenvalue weighted by atomic mass is 16.3. The van der Waals surface area contributed by atoms with Gasteiger partial charge in [-0.25, -0.2) is 0 Å². The first kappa shape index (κ1) is 24.5. The second kappa shape index (κ2) is 10.5. The summed E-state index contributed by atoms with van der Waals surface area (Å²) >= 11 is 0. The Morgan fingerprint density at radius 2 is 1.65 bits per heavy atom. The topological polar surface area (TPSA) is 37.3 Å². The van der Waals surface area contributed by atoms with Crippen molar-refractivity contribution in [2.24, 2.45) is 11.3 Å². The van der Waals surface area contributed by atoms with Crippen molar-refractivity contribution >= 4 is 5.78 Å². The summed E-state index contributed by atoms with van der Waals surface area (Å²) in [6.07, 6.45) is 14.8. The number of carbonyl (C=O) groups is 1. The van der Waals surface area contributed by atoms with Crippen LogP contribution in [0, 0.1) is 11.3 Å². The number of ketones is 1. The van der Waals surface area contributed by atoms with Crippen molar-refractivity contribution in [3.63, 3.8) is 0 Å². The quantitative estimate of drug-likeness (QED) is 0.349. The average molecular weight is 493 g/mol. The van der Waals surface area contributed by atoms with Gasteiger partial charge in [0.05, 0.1) is 5.56 Å². The van der Waals surface area contributed by atoms with Gasteiger partial charge in [-0.15, -0.1) is 0 Å². The first-order chi connectivity index (χ1) is 18.1. The second-order valence-corrected chi connectivity index (χ2v) is 12.3. The van der Waals surface area contributed by atoms with E-state index in [1.807, 2.05) is 6.07 Å². The summed E-state index contributed by atoms with van der Waals surface area (Å²) in [5.41, 5.74) is 6.79. The molecule has 0 bridgehead atoms. The van der Waals surface area contributed by atoms with Crippen LogP contribution in [0.25, 0.3) is 0 Å². The fourth-order valence-corrected chi connectivity index (χ4v) is 8.08. The number of benzene rings is 3. The Hall–Kier alpha value is -2.87. The summed E-state index contributed by atoms with van der Waals surface area (Å²) in [6, 6.07) is 25.3. The van der Waals surface area contributed by atoms with Crippen molar-refractivity contribution in [3.8, 4) is 5.75 Å². The minimum atomic E-state index is 0.0563. The van der Waals surface area contributed by atoms with Gasteiger partial charge in [0, 0.05) is 6.42 Å². The largest absolute Gasteiger partial charge is 0.507 e. The van der Waals surface area contributed by atoms with Crippen molar-refractivity contribution in [2.75, 3.05) is 0 Å². The van der Waals surface area contributed by atoms with Crippen LogP contribution in [-0.4, -0.2) is 10.9 Å². The number of phenolic OH excluding ortho intramolecular Hbond substituents is 1. The summed E-state index contributed by atoms with van der Waals surface area (Å²) in [6.45, 7) is 0. The summed E-state index contributed by atoms with van der Waals surface area (Å²) < 4.78 is 0. The normalized spacial score (nSPS) is 27.2. The molecular formula is C35H40O2. The van der Waals surface area contributed by atoms with Crippen molar-refractivity contribution in [1.82, 2.24) is 0 Å². The van der Waals surface area contributed by atoms with Gasteiger partial charge in [-0.05, 0) is 109 Å². The van der Waals surface area contributed by atoms with Gasteiger partial charge in [0.25, 0.3) is 0 Å². The van der Waals surface area contributed by atoms with Gasteiger partial charge in [-0.1, -0.05) is 79.9 Å². The molecule has 1 spiro atoms. The van der Waals surface area contributed by atoms with Crippen molar-refractivity contribution in [1.29, 1.82) is 0 Å². The third kappa shape index (κ3) is 5.26. The summed E-state index contributed by atoms with van der Waals surface area (Å²) in [5, 5.41) is 10.1. The number of hydrogen-bond acceptors (Lipinski definition) is 2. The van der Waals surface area contributed by atoms with Gasteiger partial charge < -0.3 is 5.11 Å². The number of aromatic hydroxyl groups is 1. The SMILES string of the molecule is O=C(CC1CCc2ccc(CC3CCCC4(CCCC(c5ccccc5)C4)C3)cc21)c1ccccc1O. The molecule has 2 saturated carbocycles. The molecule has 37 heavy (non-hydrogen) atoms. The molecule has 0 amide bonds. The molecule has 0 heterocycles. The van der Waals surface area contributed by atoms with E-state index in [9.17, 15) is 9.90 Å². The minimum absolute atomic E-state index is 0.0563. The number of para-hydroxylation sites is 1. The van der Waals surface area contributed by atoms with Crippen LogP contribution >= 0.6 is 0 Å². The highest BCUT2D eigenvalue weighted by molar-refractivity contribution is 5.99. The lowest BCUT2D eigenvalue weighted by molar-refractivity contribution is 0.0768. The fourth-order valence-electron chi connectivity index (χ4n) is 8.08. The highest BCUT2D eigenvalue weighted by Gasteiger charge is 2.40. The molecule has 4 atom stereocenters. The Bertz CT molecular complexity index is 1240. The van der Waals surface area contributed by atoms with Crippen molar-refractivity contribution < 1.29 is 9.90 Å². The predicted octanol–water partition coefficient (Wildman–Crippen LogP) is 8.77. The summed E-state index contributed by atoms with van der Waals surface area (Å²) in [7, 11) is 0. The van der Waals surface area contributed by atoms with Gasteiger partial charge in [0.2, 0.25) is 0 Å². The molecule has 1 N–H and O–H groups in total. The van der Waals surface area contributed by atoms with Gasteiger partial charge in [0.1, 0.15) is 5.75 Å². The van der Waals surface area contributed by atoms with Crippen molar-refractivity contribution in [3.05, 3.63) is 101 Å². The molecular weight excluding hydrogens is 452 g/mol. The van der Waals surface area contributed by atoms with Crippen LogP contribution in [0.3, 0.4) is 0 Å². The monoisotopic (exact) mass is 492 g/mol. The maximum Gasteiger partial charge on any atom is 0.167 e. The molecule has 2 nitrogen and oxygen atoms in total. The first-order valence-corrected chi connectivity index (χ1v) is 14.6. The fraction of sp³-hybridized carbons (Fsp3) is 0.457. The molecule has 3 aliphatic rings. The highest BCUT2D eigenvalue weighted by Crippen LogP contribution is 2.53. The molecule has 0 radical (unpaired) electrons. The maximum absolute atomic E-state index is 13.0. The van der Waals surface area contributed by atoms with Crippen LogP contribution in [0.4, 0.5) is 0 Å². The smallest absolute Gasteiger partial charge is 0.167 e. The van der Waals surface area contributed by atoms with E-state index in [4.69, 9.17) is 0 Å². The van der Waals surface area contributed by atoms with Crippen LogP contribution in [0.1, 0.15) is 109 Å². The Morgan fingerprint density at radius 3 is 2.49 bits per heavy atom. The molecule has 2 heteroatoms. The molecule has 0 aromatic heterocycles. The third-order valence-electron chi connectivity index (χ3n) is 9.82. The molecule has 3 aliphatic carbocycles. The van der Waals surface area contributed by atoms with Crippen LogP contribution in [0.5, 0.6) is 5.75 Å². The summed E-state index contributed by atoms with van der Waals surface area (Å²) in [5.74, 6) is 1.92. The van der Waals surface area contributed by atoms with Crippen molar-refractivity contribution in [2.45, 2.75) is 88.9 Å². The molecule has 3 aromatic rings. The average Bonchev–Trinajstić information content (AvgIpc) is 3.31. The zero-order valence-electron chi connectivity index (χ0n) is 22.0. The molecule has 2 fully saturated rings. The van der Waals surface area contributed by atoms with E-state index >= 15 is 0 Å². The lowest BCUT2D eigenvalue weighted by atomic mass is 9.59. The minimum Gasteiger partial charge on any atom is -0.507 e. The van der Waals surface area contributed by atoms with E-state index in [1.165, 1.54) is 74.5 Å². The maximum atomic E-state index is 13.0. The van der Waals surface area contributed by atoms with Gasteiger partial charge in [-0.3, -0.25) is 4.79 Å². The van der Waals surface area contributed by atoms with Gasteiger partial charge >= 0.3 is 0 Å². The van der Waals surface area contributed by atoms with Crippen LogP contribution in [0.15, 0.2) is 72.8 Å². The molecule has 0 saturated heterocycles. The van der Waals surface area contributed by atoms with Gasteiger partial charge in [0.15, 0.2) is 5.78 Å². The Morgan fingerprint density at radius 1 is 0.865 bits per heavy atom. The van der Waals surface area contributed by atoms with Gasteiger partial charge in [-0.2, -0.15) is 0 Å². The second-order valence-electron chi connectivity index (χ2n) is 12.3. The lowest BCUT2D eigenvalue weighted by Crippen LogP contribution is -2.34. The number of fused-ring (bicyclic) bond motifs is 1. The van der Waals surface area contributed by atoms with Crippen LogP contribution in [0.2, 0.25) is 0 Å². The number of hydrogen-bond donors (Lipinski definition) is 1. The molecule has 0 aliphatic heterocycles. The van der Waals surface area contributed by atoms with E-state index in [0.29, 0.717) is 17.4 Å². The predicted molar refractivity (Wildman–Crippen MR) is 150 cm³/mol. The summed E-state index contributed by atoms with van der Waals surface area (Å²) in [4.78, 5) is 13.0. The zero-order valence-corrected chi connectivity index (χ0v) is 22.0. The number of Topliss-reactive ketones (excluding diaryl/α,β-unsaturated/α-hetero) is 1. The molecule has 192 valence electrons. The zero-order chi connectivity index (χ0) is 25.2. The molecule has 6 rings (SSSR count). The van der Waals surface area contributed by atoms with E-state index in [1.54, 1.807) is 23.8 Å². The Balaban J connectivity index is 1.13. The van der Waals surface area contributed by atoms with E-state index in [-0.39, 0.29) is 17.5 Å².